The summed E-state index contributed by atoms with van der Waals surface area (Å²) in [6, 6.07) is 7.65. The van der Waals surface area contributed by atoms with Gasteiger partial charge in [0.25, 0.3) is 5.56 Å². The molecule has 0 aliphatic rings. The van der Waals surface area contributed by atoms with Gasteiger partial charge in [-0.3, -0.25) is 14.2 Å². The summed E-state index contributed by atoms with van der Waals surface area (Å²) >= 11 is 1.43. The fourth-order valence-corrected chi connectivity index (χ4v) is 4.88. The quantitative estimate of drug-likeness (QED) is 0.180. The van der Waals surface area contributed by atoms with Crippen LogP contribution in [0.2, 0.25) is 0 Å². The van der Waals surface area contributed by atoms with E-state index in [1.165, 1.54) is 36.3 Å². The maximum Gasteiger partial charge on any atom is 0.346 e. The van der Waals surface area contributed by atoms with Crippen molar-refractivity contribution in [2.45, 2.75) is 75.9 Å². The third kappa shape index (κ3) is 9.25. The van der Waals surface area contributed by atoms with Crippen LogP contribution in [0.1, 0.15) is 66.2 Å². The molecule has 2 aromatic rings. The third-order valence-electron chi connectivity index (χ3n) is 5.92. The van der Waals surface area contributed by atoms with E-state index in [4.69, 9.17) is 9.47 Å². The second kappa shape index (κ2) is 14.9. The number of rotatable bonds is 16. The van der Waals surface area contributed by atoms with E-state index >= 15 is 0 Å². The lowest BCUT2D eigenvalue weighted by atomic mass is 10.1. The van der Waals surface area contributed by atoms with Crippen LogP contribution in [0.3, 0.4) is 0 Å². The lowest BCUT2D eigenvalue weighted by molar-refractivity contribution is -0.145. The molecule has 37 heavy (non-hydrogen) atoms. The molecule has 9 nitrogen and oxygen atoms in total. The van der Waals surface area contributed by atoms with Gasteiger partial charge in [0.1, 0.15) is 10.5 Å². The van der Waals surface area contributed by atoms with Crippen molar-refractivity contribution in [3.8, 4) is 5.75 Å². The monoisotopic (exact) mass is 534 g/mol. The summed E-state index contributed by atoms with van der Waals surface area (Å²) in [5.74, 6) is 0.755. The summed E-state index contributed by atoms with van der Waals surface area (Å²) in [5.41, 5.74) is -0.824. The first-order valence-corrected chi connectivity index (χ1v) is 13.9. The molecule has 0 unspecified atom stereocenters. The van der Waals surface area contributed by atoms with Crippen molar-refractivity contribution in [1.29, 1.82) is 0 Å². The van der Waals surface area contributed by atoms with Gasteiger partial charge in [-0.1, -0.05) is 38.7 Å². The predicted octanol–water partition coefficient (Wildman–Crippen LogP) is 4.16. The molecule has 10 heteroatoms. The summed E-state index contributed by atoms with van der Waals surface area (Å²) in [6.07, 6.45) is 6.23. The molecule has 0 spiro atoms. The molecule has 0 aliphatic carbocycles. The summed E-state index contributed by atoms with van der Waals surface area (Å²) in [5, 5.41) is 4.27. The van der Waals surface area contributed by atoms with Crippen molar-refractivity contribution < 1.29 is 14.3 Å². The van der Waals surface area contributed by atoms with E-state index in [1.807, 2.05) is 43.0 Å². The Kier molecular flexibility index (Phi) is 12.2. The van der Waals surface area contributed by atoms with E-state index in [2.05, 4.69) is 12.0 Å². The topological polar surface area (TPSA) is 95.7 Å². The molecule has 0 N–H and O–H groups in total. The Balaban J connectivity index is 2.02. The number of benzene rings is 1. The van der Waals surface area contributed by atoms with Crippen molar-refractivity contribution in [2.24, 2.45) is 14.1 Å². The Labute approximate surface area is 224 Å². The molecule has 1 heterocycles. The summed E-state index contributed by atoms with van der Waals surface area (Å²) in [7, 11) is 3.04. The normalized spacial score (nSPS) is 11.4. The smallest absolute Gasteiger partial charge is 0.346 e. The standard InChI is InChI=1S/C27H42N4O5S/c1-7-9-10-11-12-17-31(23-24(32)29(5)26(34)30(6)28-23)18-14-19-36-21-15-13-16-22(20-21)37-27(3,4)25(33)35-8-2/h13,15-16,20H,7-12,14,17-19H2,1-6H3. The molecule has 1 aromatic carbocycles. The molecule has 0 atom stereocenters. The summed E-state index contributed by atoms with van der Waals surface area (Å²) < 4.78 is 12.8. The van der Waals surface area contributed by atoms with Gasteiger partial charge in [0.15, 0.2) is 0 Å². The van der Waals surface area contributed by atoms with Crippen molar-refractivity contribution >= 4 is 23.5 Å². The SMILES string of the molecule is CCCCCCCN(CCCOc1cccc(SC(C)(C)C(=O)OCC)c1)c1nn(C)c(=O)n(C)c1=O. The first kappa shape index (κ1) is 30.5. The molecule has 0 bridgehead atoms. The number of esters is 1. The van der Waals surface area contributed by atoms with Gasteiger partial charge in [0.05, 0.1) is 13.2 Å². The number of thioether (sulfide) groups is 1. The number of carbonyl (C=O) groups is 1. The van der Waals surface area contributed by atoms with Crippen molar-refractivity contribution in [1.82, 2.24) is 14.3 Å². The van der Waals surface area contributed by atoms with Crippen LogP contribution < -0.4 is 20.9 Å². The van der Waals surface area contributed by atoms with Gasteiger partial charge in [-0.05, 0) is 51.8 Å². The molecule has 0 amide bonds. The van der Waals surface area contributed by atoms with Gasteiger partial charge in [-0.2, -0.15) is 0 Å². The molecule has 0 fully saturated rings. The van der Waals surface area contributed by atoms with E-state index < -0.39 is 10.4 Å². The van der Waals surface area contributed by atoms with Crippen molar-refractivity contribution in [2.75, 3.05) is 31.2 Å². The number of ether oxygens (including phenoxy) is 2. The molecule has 0 radical (unpaired) electrons. The molecular weight excluding hydrogens is 492 g/mol. The highest BCUT2D eigenvalue weighted by atomic mass is 32.2. The Morgan fingerprint density at radius 1 is 1.05 bits per heavy atom. The van der Waals surface area contributed by atoms with Crippen LogP contribution in [0.25, 0.3) is 0 Å². The van der Waals surface area contributed by atoms with E-state index in [9.17, 15) is 14.4 Å². The van der Waals surface area contributed by atoms with Gasteiger partial charge in [-0.25, -0.2) is 9.48 Å². The van der Waals surface area contributed by atoms with Crippen LogP contribution in [-0.2, 0) is 23.6 Å². The number of hydrogen-bond acceptors (Lipinski definition) is 8. The van der Waals surface area contributed by atoms with Crippen molar-refractivity contribution in [3.63, 3.8) is 0 Å². The van der Waals surface area contributed by atoms with Crippen LogP contribution in [0.15, 0.2) is 38.8 Å². The fraction of sp³-hybridized carbons (Fsp3) is 0.630. The zero-order valence-electron chi connectivity index (χ0n) is 23.1. The molecule has 2 rings (SSSR count). The second-order valence-corrected chi connectivity index (χ2v) is 11.2. The second-order valence-electron chi connectivity index (χ2n) is 9.50. The Morgan fingerprint density at radius 2 is 1.76 bits per heavy atom. The number of unbranched alkanes of at least 4 members (excludes halogenated alkanes) is 4. The van der Waals surface area contributed by atoms with E-state index in [0.717, 1.165) is 28.7 Å². The number of anilines is 1. The zero-order chi connectivity index (χ0) is 27.4. The number of nitrogens with zero attached hydrogens (tertiary/aromatic N) is 4. The van der Waals surface area contributed by atoms with Crippen LogP contribution >= 0.6 is 11.8 Å². The maximum atomic E-state index is 12.8. The largest absolute Gasteiger partial charge is 0.493 e. The highest BCUT2D eigenvalue weighted by Gasteiger charge is 2.30. The summed E-state index contributed by atoms with van der Waals surface area (Å²) in [4.78, 5) is 40.0. The average molecular weight is 535 g/mol. The van der Waals surface area contributed by atoms with Crippen LogP contribution in [0.5, 0.6) is 5.75 Å². The lowest BCUT2D eigenvalue weighted by Gasteiger charge is -2.24. The van der Waals surface area contributed by atoms with Gasteiger partial charge in [0.2, 0.25) is 5.82 Å². The predicted molar refractivity (Wildman–Crippen MR) is 149 cm³/mol. The first-order chi connectivity index (χ1) is 17.6. The molecule has 0 saturated carbocycles. The van der Waals surface area contributed by atoms with Crippen LogP contribution in [0, 0.1) is 0 Å². The fourth-order valence-electron chi connectivity index (χ4n) is 3.82. The first-order valence-electron chi connectivity index (χ1n) is 13.1. The number of carbonyl (C=O) groups excluding carboxylic acids is 1. The molecule has 1 aromatic heterocycles. The maximum absolute atomic E-state index is 12.8. The van der Waals surface area contributed by atoms with E-state index in [0.29, 0.717) is 44.3 Å². The highest BCUT2D eigenvalue weighted by molar-refractivity contribution is 8.01. The number of hydrogen-bond donors (Lipinski definition) is 0. The molecule has 206 valence electrons. The van der Waals surface area contributed by atoms with Crippen molar-refractivity contribution in [3.05, 3.63) is 45.1 Å². The number of aromatic nitrogens is 3. The van der Waals surface area contributed by atoms with Gasteiger partial charge in [0, 0.05) is 32.1 Å². The van der Waals surface area contributed by atoms with Gasteiger partial charge < -0.3 is 14.4 Å². The lowest BCUT2D eigenvalue weighted by Crippen LogP contribution is -2.43. The van der Waals surface area contributed by atoms with E-state index in [-0.39, 0.29) is 11.5 Å². The average Bonchev–Trinajstić information content (AvgIpc) is 2.86. The molecule has 0 saturated heterocycles. The van der Waals surface area contributed by atoms with Crippen LogP contribution in [-0.4, -0.2) is 51.4 Å². The molecular formula is C27H42N4O5S. The summed E-state index contributed by atoms with van der Waals surface area (Å²) in [6.45, 7) is 9.75. The zero-order valence-corrected chi connectivity index (χ0v) is 23.9. The Bertz CT molecular complexity index is 1130. The molecule has 0 aliphatic heterocycles. The third-order valence-corrected chi connectivity index (χ3v) is 7.09. The minimum Gasteiger partial charge on any atom is -0.493 e. The van der Waals surface area contributed by atoms with Crippen LogP contribution in [0.4, 0.5) is 5.82 Å². The number of aryl methyl sites for hydroxylation is 1. The van der Waals surface area contributed by atoms with Gasteiger partial charge >= 0.3 is 11.7 Å². The highest BCUT2D eigenvalue weighted by Crippen LogP contribution is 2.35. The van der Waals surface area contributed by atoms with Gasteiger partial charge in [-0.15, -0.1) is 16.9 Å². The van der Waals surface area contributed by atoms with E-state index in [1.54, 1.807) is 14.0 Å². The minimum atomic E-state index is -0.707. The Hall–Kier alpha value is -2.75. The minimum absolute atomic E-state index is 0.251. The Morgan fingerprint density at radius 3 is 2.46 bits per heavy atom.